The Morgan fingerprint density at radius 2 is 2.03 bits per heavy atom. The zero-order valence-corrected chi connectivity index (χ0v) is 21.9. The third-order valence-corrected chi connectivity index (χ3v) is 5.80. The molecule has 11 heteroatoms. The zero-order chi connectivity index (χ0) is 26.2. The van der Waals surface area contributed by atoms with Gasteiger partial charge < -0.3 is 14.8 Å². The van der Waals surface area contributed by atoms with Crippen LogP contribution < -0.4 is 10.1 Å². The monoisotopic (exact) mass is 512 g/mol. The Labute approximate surface area is 213 Å². The lowest BCUT2D eigenvalue weighted by Crippen LogP contribution is -2.29. The van der Waals surface area contributed by atoms with Crippen molar-refractivity contribution in [3.05, 3.63) is 52.6 Å². The first-order valence-electron chi connectivity index (χ1n) is 11.6. The minimum Gasteiger partial charge on any atom is -0.491 e. The molecule has 36 heavy (non-hydrogen) atoms. The lowest BCUT2D eigenvalue weighted by Gasteiger charge is -2.20. The fourth-order valence-electron chi connectivity index (χ4n) is 4.07. The predicted octanol–water partition coefficient (Wildman–Crippen LogP) is 4.04. The number of aryl methyl sites for hydroxylation is 1. The van der Waals surface area contributed by atoms with Gasteiger partial charge in [-0.1, -0.05) is 11.6 Å². The van der Waals surface area contributed by atoms with E-state index in [4.69, 9.17) is 21.1 Å². The quantitative estimate of drug-likeness (QED) is 0.372. The Morgan fingerprint density at radius 1 is 1.28 bits per heavy atom. The number of esters is 1. The highest BCUT2D eigenvalue weighted by Gasteiger charge is 2.27. The first-order chi connectivity index (χ1) is 17.0. The molecule has 10 nitrogen and oxygen atoms in total. The van der Waals surface area contributed by atoms with E-state index in [2.05, 4.69) is 20.5 Å². The van der Waals surface area contributed by atoms with Crippen molar-refractivity contribution in [1.82, 2.24) is 29.7 Å². The van der Waals surface area contributed by atoms with Crippen molar-refractivity contribution >= 4 is 40.0 Å². The van der Waals surface area contributed by atoms with Gasteiger partial charge in [0.25, 0.3) is 5.91 Å². The number of hydrogen-bond donors (Lipinski definition) is 1. The number of carbonyl (C=O) groups is 2. The SMILES string of the molecule is CCOc1c(C(C)NC(=O)c2c(CC(=O)OC(C)(C)C)nn3cccnc23)cc(Cl)c2cnn(C)c12. The molecule has 4 rings (SSSR count). The third-order valence-electron chi connectivity index (χ3n) is 5.49. The van der Waals surface area contributed by atoms with Gasteiger partial charge in [-0.3, -0.25) is 14.3 Å². The van der Waals surface area contributed by atoms with Crippen LogP contribution in [0, 0.1) is 0 Å². The third kappa shape index (κ3) is 4.99. The number of fused-ring (bicyclic) bond motifs is 2. The van der Waals surface area contributed by atoms with Crippen LogP contribution >= 0.6 is 11.6 Å². The van der Waals surface area contributed by atoms with Gasteiger partial charge in [-0.25, -0.2) is 9.50 Å². The van der Waals surface area contributed by atoms with E-state index in [1.165, 1.54) is 4.52 Å². The summed E-state index contributed by atoms with van der Waals surface area (Å²) in [7, 11) is 1.81. The summed E-state index contributed by atoms with van der Waals surface area (Å²) in [5.74, 6) is -0.324. The molecular formula is C25H29ClN6O4. The molecule has 1 amide bonds. The zero-order valence-electron chi connectivity index (χ0n) is 21.1. The van der Waals surface area contributed by atoms with E-state index in [1.54, 1.807) is 56.2 Å². The van der Waals surface area contributed by atoms with Gasteiger partial charge in [-0.05, 0) is 46.8 Å². The molecule has 0 aliphatic rings. The second-order valence-corrected chi connectivity index (χ2v) is 9.82. The van der Waals surface area contributed by atoms with E-state index in [9.17, 15) is 9.59 Å². The van der Waals surface area contributed by atoms with E-state index < -0.39 is 23.5 Å². The normalized spacial score (nSPS) is 12.6. The molecular weight excluding hydrogens is 484 g/mol. The summed E-state index contributed by atoms with van der Waals surface area (Å²) < 4.78 is 14.6. The van der Waals surface area contributed by atoms with Crippen molar-refractivity contribution in [2.45, 2.75) is 52.7 Å². The number of benzene rings is 1. The van der Waals surface area contributed by atoms with Gasteiger partial charge in [0.1, 0.15) is 16.7 Å². The largest absolute Gasteiger partial charge is 0.491 e. The lowest BCUT2D eigenvalue weighted by molar-refractivity contribution is -0.154. The molecule has 1 N–H and O–H groups in total. The van der Waals surface area contributed by atoms with Crippen molar-refractivity contribution in [2.75, 3.05) is 6.61 Å². The molecule has 3 aromatic heterocycles. The molecule has 1 aromatic carbocycles. The van der Waals surface area contributed by atoms with E-state index in [-0.39, 0.29) is 17.7 Å². The Kier molecular flexibility index (Phi) is 6.90. The molecule has 0 aliphatic heterocycles. The maximum atomic E-state index is 13.6. The van der Waals surface area contributed by atoms with Crippen LogP contribution in [-0.4, -0.2) is 48.5 Å². The van der Waals surface area contributed by atoms with Gasteiger partial charge >= 0.3 is 5.97 Å². The fraction of sp³-hybridized carbons (Fsp3) is 0.400. The van der Waals surface area contributed by atoms with Crippen molar-refractivity contribution in [3.63, 3.8) is 0 Å². The number of ether oxygens (including phenoxy) is 2. The van der Waals surface area contributed by atoms with E-state index in [0.717, 1.165) is 10.9 Å². The summed E-state index contributed by atoms with van der Waals surface area (Å²) in [6.07, 6.45) is 4.75. The van der Waals surface area contributed by atoms with Crippen LogP contribution in [0.4, 0.5) is 0 Å². The highest BCUT2D eigenvalue weighted by Crippen LogP contribution is 2.38. The van der Waals surface area contributed by atoms with Crippen molar-refractivity contribution in [3.8, 4) is 5.75 Å². The average Bonchev–Trinajstić information content (AvgIpc) is 3.34. The van der Waals surface area contributed by atoms with Crippen LogP contribution in [0.1, 0.15) is 62.3 Å². The molecule has 1 atom stereocenters. The van der Waals surface area contributed by atoms with Crippen molar-refractivity contribution in [1.29, 1.82) is 0 Å². The number of rotatable bonds is 7. The lowest BCUT2D eigenvalue weighted by atomic mass is 10.0. The highest BCUT2D eigenvalue weighted by molar-refractivity contribution is 6.35. The smallest absolute Gasteiger partial charge is 0.312 e. The molecule has 0 radical (unpaired) electrons. The van der Waals surface area contributed by atoms with E-state index in [1.807, 2.05) is 20.9 Å². The topological polar surface area (TPSA) is 113 Å². The molecule has 0 fully saturated rings. The maximum absolute atomic E-state index is 13.6. The van der Waals surface area contributed by atoms with Crippen LogP contribution in [0.15, 0.2) is 30.7 Å². The molecule has 0 saturated heterocycles. The van der Waals surface area contributed by atoms with Gasteiger partial charge in [0.2, 0.25) is 0 Å². The Balaban J connectivity index is 1.71. The Hall–Kier alpha value is -3.66. The number of nitrogens with zero attached hydrogens (tertiary/aromatic N) is 5. The molecule has 3 heterocycles. The summed E-state index contributed by atoms with van der Waals surface area (Å²) in [5, 5.41) is 13.0. The van der Waals surface area contributed by atoms with Crippen LogP contribution in [0.25, 0.3) is 16.6 Å². The number of hydrogen-bond acceptors (Lipinski definition) is 7. The minimum absolute atomic E-state index is 0.172. The molecule has 0 aliphatic carbocycles. The fourth-order valence-corrected chi connectivity index (χ4v) is 4.32. The van der Waals surface area contributed by atoms with Crippen LogP contribution in [0.2, 0.25) is 5.02 Å². The number of amides is 1. The van der Waals surface area contributed by atoms with Crippen LogP contribution in [0.3, 0.4) is 0 Å². The highest BCUT2D eigenvalue weighted by atomic mass is 35.5. The van der Waals surface area contributed by atoms with Gasteiger partial charge in [-0.2, -0.15) is 10.2 Å². The summed E-state index contributed by atoms with van der Waals surface area (Å²) in [6, 6.07) is 2.97. The van der Waals surface area contributed by atoms with Crippen LogP contribution in [-0.2, 0) is 23.0 Å². The average molecular weight is 513 g/mol. The molecule has 4 aromatic rings. The number of halogens is 1. The predicted molar refractivity (Wildman–Crippen MR) is 135 cm³/mol. The summed E-state index contributed by atoms with van der Waals surface area (Å²) in [5.41, 5.74) is 1.60. The van der Waals surface area contributed by atoms with Gasteiger partial charge in [0, 0.05) is 30.4 Å². The van der Waals surface area contributed by atoms with E-state index in [0.29, 0.717) is 28.6 Å². The first-order valence-corrected chi connectivity index (χ1v) is 12.0. The van der Waals surface area contributed by atoms with Gasteiger partial charge in [0.15, 0.2) is 11.4 Å². The number of carbonyl (C=O) groups excluding carboxylic acids is 2. The second-order valence-electron chi connectivity index (χ2n) is 9.41. The number of aromatic nitrogens is 5. The van der Waals surface area contributed by atoms with Gasteiger partial charge in [-0.15, -0.1) is 0 Å². The van der Waals surface area contributed by atoms with Gasteiger partial charge in [0.05, 0.1) is 36.0 Å². The summed E-state index contributed by atoms with van der Waals surface area (Å²) >= 11 is 6.54. The molecule has 0 spiro atoms. The summed E-state index contributed by atoms with van der Waals surface area (Å²) in [6.45, 7) is 9.49. The summed E-state index contributed by atoms with van der Waals surface area (Å²) in [4.78, 5) is 30.4. The van der Waals surface area contributed by atoms with Crippen LogP contribution in [0.5, 0.6) is 5.75 Å². The number of nitrogens with one attached hydrogen (secondary N) is 1. The Bertz CT molecular complexity index is 1450. The Morgan fingerprint density at radius 3 is 2.72 bits per heavy atom. The maximum Gasteiger partial charge on any atom is 0.312 e. The standard InChI is InChI=1S/C25H29ClN6O4/c1-7-35-22-15(11-17(26)16-13-28-31(6)21(16)22)14(2)29-24(34)20-18(12-19(33)36-25(3,4)5)30-32-10-8-9-27-23(20)32/h8-11,13-14H,7,12H2,1-6H3,(H,29,34). The first kappa shape index (κ1) is 25.4. The molecule has 0 bridgehead atoms. The molecule has 190 valence electrons. The minimum atomic E-state index is -0.662. The molecule has 1 unspecified atom stereocenters. The second kappa shape index (κ2) is 9.77. The van der Waals surface area contributed by atoms with Crippen molar-refractivity contribution < 1.29 is 19.1 Å². The van der Waals surface area contributed by atoms with E-state index >= 15 is 0 Å². The molecule has 0 saturated carbocycles. The van der Waals surface area contributed by atoms with Crippen molar-refractivity contribution in [2.24, 2.45) is 7.05 Å².